The average Bonchev–Trinajstić information content (AvgIpc) is 2.24. The van der Waals surface area contributed by atoms with Gasteiger partial charge >= 0.3 is 0 Å². The van der Waals surface area contributed by atoms with Gasteiger partial charge in [-0.15, -0.1) is 0 Å². The second-order valence-corrected chi connectivity index (χ2v) is 4.29. The van der Waals surface area contributed by atoms with Crippen molar-refractivity contribution in [2.45, 2.75) is 53.0 Å². The van der Waals surface area contributed by atoms with Gasteiger partial charge in [-0.1, -0.05) is 20.3 Å². The van der Waals surface area contributed by atoms with Gasteiger partial charge in [-0.3, -0.25) is 9.97 Å². The first-order valence-corrected chi connectivity index (χ1v) is 6.19. The molecule has 3 nitrogen and oxygen atoms in total. The summed E-state index contributed by atoms with van der Waals surface area (Å²) in [4.78, 5) is 8.94. The largest absolute Gasteiger partial charge is 0.314 e. The van der Waals surface area contributed by atoms with E-state index >= 15 is 0 Å². The Balaban J connectivity index is 2.71. The molecule has 1 aromatic heterocycles. The van der Waals surface area contributed by atoms with Crippen LogP contribution < -0.4 is 5.32 Å². The summed E-state index contributed by atoms with van der Waals surface area (Å²) in [6.45, 7) is 9.42. The fourth-order valence-corrected chi connectivity index (χ4v) is 1.93. The number of nitrogens with zero attached hydrogens (tertiary/aromatic N) is 2. The van der Waals surface area contributed by atoms with E-state index in [2.05, 4.69) is 29.1 Å². The fraction of sp³-hybridized carbons (Fsp3) is 0.692. The lowest BCUT2D eigenvalue weighted by Crippen LogP contribution is -2.31. The minimum Gasteiger partial charge on any atom is -0.314 e. The summed E-state index contributed by atoms with van der Waals surface area (Å²) in [5, 5.41) is 3.51. The summed E-state index contributed by atoms with van der Waals surface area (Å²) in [6, 6.07) is 0.532. The minimum absolute atomic E-state index is 0.532. The number of hydrogen-bond donors (Lipinski definition) is 1. The Bertz CT molecular complexity index is 317. The summed E-state index contributed by atoms with van der Waals surface area (Å²) < 4.78 is 0. The molecule has 0 amide bonds. The predicted octanol–water partition coefficient (Wildman–Crippen LogP) is 2.41. The van der Waals surface area contributed by atoms with Crippen molar-refractivity contribution in [1.82, 2.24) is 15.3 Å². The highest BCUT2D eigenvalue weighted by atomic mass is 14.9. The van der Waals surface area contributed by atoms with Gasteiger partial charge in [0, 0.05) is 18.7 Å². The van der Waals surface area contributed by atoms with Crippen LogP contribution in [0.4, 0.5) is 0 Å². The first-order chi connectivity index (χ1) is 7.67. The number of likely N-dealkylation sites (N-methyl/N-ethyl adjacent to an activating group) is 1. The molecule has 0 aliphatic rings. The van der Waals surface area contributed by atoms with E-state index in [1.165, 1.54) is 12.8 Å². The molecule has 0 aromatic carbocycles. The molecule has 0 saturated heterocycles. The molecular formula is C13H23N3. The summed E-state index contributed by atoms with van der Waals surface area (Å²) in [5.41, 5.74) is 3.20. The van der Waals surface area contributed by atoms with Crippen LogP contribution in [0, 0.1) is 13.8 Å². The molecule has 1 heterocycles. The molecule has 0 aliphatic heterocycles. The SMILES string of the molecule is CCCC(Cc1nc(C)cnc1C)NCC. The van der Waals surface area contributed by atoms with E-state index < -0.39 is 0 Å². The lowest BCUT2D eigenvalue weighted by atomic mass is 10.0. The van der Waals surface area contributed by atoms with Gasteiger partial charge in [-0.2, -0.15) is 0 Å². The van der Waals surface area contributed by atoms with Crippen molar-refractivity contribution < 1.29 is 0 Å². The molecule has 1 atom stereocenters. The zero-order valence-electron chi connectivity index (χ0n) is 10.9. The highest BCUT2D eigenvalue weighted by Crippen LogP contribution is 2.09. The van der Waals surface area contributed by atoms with Gasteiger partial charge < -0.3 is 5.32 Å². The maximum atomic E-state index is 4.57. The summed E-state index contributed by atoms with van der Waals surface area (Å²) >= 11 is 0. The number of aryl methyl sites for hydroxylation is 2. The third kappa shape index (κ3) is 3.89. The lowest BCUT2D eigenvalue weighted by Gasteiger charge is -2.17. The molecular weight excluding hydrogens is 198 g/mol. The monoisotopic (exact) mass is 221 g/mol. The number of nitrogens with one attached hydrogen (secondary N) is 1. The van der Waals surface area contributed by atoms with Gasteiger partial charge in [0.15, 0.2) is 0 Å². The van der Waals surface area contributed by atoms with Crippen molar-refractivity contribution in [3.05, 3.63) is 23.3 Å². The molecule has 1 aromatic rings. The van der Waals surface area contributed by atoms with E-state index in [1.807, 2.05) is 20.0 Å². The fourth-order valence-electron chi connectivity index (χ4n) is 1.93. The summed E-state index contributed by atoms with van der Waals surface area (Å²) in [7, 11) is 0. The molecule has 90 valence electrons. The Morgan fingerprint density at radius 3 is 2.69 bits per heavy atom. The third-order valence-electron chi connectivity index (χ3n) is 2.74. The second kappa shape index (κ2) is 6.59. The molecule has 3 heteroatoms. The van der Waals surface area contributed by atoms with E-state index in [0.29, 0.717) is 6.04 Å². The predicted molar refractivity (Wildman–Crippen MR) is 67.6 cm³/mol. The quantitative estimate of drug-likeness (QED) is 0.801. The first-order valence-electron chi connectivity index (χ1n) is 6.19. The van der Waals surface area contributed by atoms with Gasteiger partial charge in [0.05, 0.1) is 17.1 Å². The molecule has 0 aliphatic carbocycles. The maximum Gasteiger partial charge on any atom is 0.0634 e. The van der Waals surface area contributed by atoms with Crippen LogP contribution in [0.2, 0.25) is 0 Å². The highest BCUT2D eigenvalue weighted by molar-refractivity contribution is 5.13. The van der Waals surface area contributed by atoms with Gasteiger partial charge in [-0.05, 0) is 26.8 Å². The first kappa shape index (κ1) is 13.1. The number of aromatic nitrogens is 2. The molecule has 1 unspecified atom stereocenters. The molecule has 0 saturated carbocycles. The molecule has 1 rings (SSSR count). The van der Waals surface area contributed by atoms with Gasteiger partial charge in [0.1, 0.15) is 0 Å². The Labute approximate surface area is 98.7 Å². The van der Waals surface area contributed by atoms with Crippen molar-refractivity contribution in [2.75, 3.05) is 6.54 Å². The number of rotatable bonds is 6. The molecule has 0 bridgehead atoms. The Morgan fingerprint density at radius 2 is 2.06 bits per heavy atom. The van der Waals surface area contributed by atoms with Gasteiger partial charge in [0.25, 0.3) is 0 Å². The van der Waals surface area contributed by atoms with Crippen molar-refractivity contribution in [2.24, 2.45) is 0 Å². The average molecular weight is 221 g/mol. The van der Waals surface area contributed by atoms with E-state index in [-0.39, 0.29) is 0 Å². The van der Waals surface area contributed by atoms with Crippen molar-refractivity contribution in [3.63, 3.8) is 0 Å². The Morgan fingerprint density at radius 1 is 1.31 bits per heavy atom. The smallest absolute Gasteiger partial charge is 0.0634 e. The molecule has 0 fully saturated rings. The minimum atomic E-state index is 0.532. The van der Waals surface area contributed by atoms with Crippen LogP contribution >= 0.6 is 0 Å². The van der Waals surface area contributed by atoms with Gasteiger partial charge in [-0.25, -0.2) is 0 Å². The Kier molecular flexibility index (Phi) is 5.39. The lowest BCUT2D eigenvalue weighted by molar-refractivity contribution is 0.479. The van der Waals surface area contributed by atoms with Crippen LogP contribution in [0.15, 0.2) is 6.20 Å². The van der Waals surface area contributed by atoms with E-state index in [0.717, 1.165) is 30.0 Å². The van der Waals surface area contributed by atoms with E-state index in [1.54, 1.807) is 0 Å². The highest BCUT2D eigenvalue weighted by Gasteiger charge is 2.10. The topological polar surface area (TPSA) is 37.8 Å². The van der Waals surface area contributed by atoms with E-state index in [9.17, 15) is 0 Å². The summed E-state index contributed by atoms with van der Waals surface area (Å²) in [5.74, 6) is 0. The zero-order valence-corrected chi connectivity index (χ0v) is 10.9. The van der Waals surface area contributed by atoms with Gasteiger partial charge in [0.2, 0.25) is 0 Å². The standard InChI is InChI=1S/C13H23N3/c1-5-7-12(14-6-2)8-13-11(4)15-9-10(3)16-13/h9,12,14H,5-8H2,1-4H3. The van der Waals surface area contributed by atoms with Crippen LogP contribution in [-0.4, -0.2) is 22.6 Å². The van der Waals surface area contributed by atoms with Crippen molar-refractivity contribution in [1.29, 1.82) is 0 Å². The number of hydrogen-bond acceptors (Lipinski definition) is 3. The van der Waals surface area contributed by atoms with Crippen LogP contribution in [0.1, 0.15) is 43.8 Å². The third-order valence-corrected chi connectivity index (χ3v) is 2.74. The molecule has 0 radical (unpaired) electrons. The Hall–Kier alpha value is -0.960. The van der Waals surface area contributed by atoms with Crippen LogP contribution in [0.25, 0.3) is 0 Å². The molecule has 1 N–H and O–H groups in total. The van der Waals surface area contributed by atoms with Crippen LogP contribution in [0.5, 0.6) is 0 Å². The van der Waals surface area contributed by atoms with Crippen LogP contribution in [0.3, 0.4) is 0 Å². The molecule has 16 heavy (non-hydrogen) atoms. The van der Waals surface area contributed by atoms with Crippen molar-refractivity contribution in [3.8, 4) is 0 Å². The van der Waals surface area contributed by atoms with Crippen molar-refractivity contribution >= 4 is 0 Å². The van der Waals surface area contributed by atoms with Crippen LogP contribution in [-0.2, 0) is 6.42 Å². The normalized spacial score (nSPS) is 12.8. The molecule has 0 spiro atoms. The second-order valence-electron chi connectivity index (χ2n) is 4.29. The maximum absolute atomic E-state index is 4.57. The van der Waals surface area contributed by atoms with E-state index in [4.69, 9.17) is 0 Å². The summed E-state index contributed by atoms with van der Waals surface area (Å²) in [6.07, 6.45) is 5.22. The zero-order chi connectivity index (χ0) is 12.0.